The third-order valence-electron chi connectivity index (χ3n) is 3.25. The minimum Gasteiger partial charge on any atom is -0.306 e. The highest BCUT2D eigenvalue weighted by atomic mass is 32.1. The molecule has 0 aliphatic carbocycles. The Morgan fingerprint density at radius 2 is 2.05 bits per heavy atom. The molecule has 0 fully saturated rings. The molecule has 1 aromatic heterocycles. The van der Waals surface area contributed by atoms with Crippen molar-refractivity contribution in [2.24, 2.45) is 0 Å². The summed E-state index contributed by atoms with van der Waals surface area (Å²) in [5, 5.41) is 3.51. The van der Waals surface area contributed by atoms with E-state index in [9.17, 15) is 4.39 Å². The molecule has 19 heavy (non-hydrogen) atoms. The predicted octanol–water partition coefficient (Wildman–Crippen LogP) is 4.59. The molecule has 0 aliphatic heterocycles. The maximum absolute atomic E-state index is 13.4. The zero-order valence-corrected chi connectivity index (χ0v) is 12.5. The third kappa shape index (κ3) is 3.43. The fraction of sp³-hybridized carbons (Fsp3) is 0.375. The molecule has 0 saturated carbocycles. The molecular weight excluding hydrogens is 257 g/mol. The van der Waals surface area contributed by atoms with Crippen LogP contribution in [0.1, 0.15) is 40.3 Å². The van der Waals surface area contributed by atoms with E-state index in [1.165, 1.54) is 21.4 Å². The lowest BCUT2D eigenvalue weighted by molar-refractivity contribution is 0.591. The Bertz CT molecular complexity index is 528. The van der Waals surface area contributed by atoms with Gasteiger partial charge >= 0.3 is 0 Å². The van der Waals surface area contributed by atoms with E-state index in [2.05, 4.69) is 32.2 Å². The van der Waals surface area contributed by atoms with E-state index in [1.54, 1.807) is 23.5 Å². The Labute approximate surface area is 118 Å². The van der Waals surface area contributed by atoms with Gasteiger partial charge < -0.3 is 5.32 Å². The molecule has 1 nitrogen and oxygen atoms in total. The number of hydrogen-bond acceptors (Lipinski definition) is 2. The van der Waals surface area contributed by atoms with Crippen molar-refractivity contribution in [3.8, 4) is 0 Å². The Morgan fingerprint density at radius 3 is 2.63 bits per heavy atom. The van der Waals surface area contributed by atoms with Gasteiger partial charge in [0.25, 0.3) is 0 Å². The highest BCUT2D eigenvalue weighted by Gasteiger charge is 2.16. The van der Waals surface area contributed by atoms with Crippen LogP contribution in [-0.2, 0) is 0 Å². The summed E-state index contributed by atoms with van der Waals surface area (Å²) in [4.78, 5) is 2.59. The number of thiophene rings is 1. The van der Waals surface area contributed by atoms with Crippen LogP contribution in [0, 0.1) is 19.7 Å². The number of aryl methyl sites for hydroxylation is 2. The Hall–Kier alpha value is -1.19. The minimum absolute atomic E-state index is 0.0908. The van der Waals surface area contributed by atoms with Crippen molar-refractivity contribution < 1.29 is 4.39 Å². The number of benzene rings is 1. The monoisotopic (exact) mass is 277 g/mol. The minimum atomic E-state index is -0.175. The molecule has 0 saturated heterocycles. The van der Waals surface area contributed by atoms with E-state index in [0.29, 0.717) is 0 Å². The van der Waals surface area contributed by atoms with Crippen molar-refractivity contribution in [2.75, 3.05) is 6.54 Å². The highest BCUT2D eigenvalue weighted by Crippen LogP contribution is 2.31. The number of rotatable bonds is 5. The molecule has 0 spiro atoms. The third-order valence-corrected chi connectivity index (χ3v) is 4.47. The Kier molecular flexibility index (Phi) is 4.72. The molecule has 1 heterocycles. The van der Waals surface area contributed by atoms with Crippen molar-refractivity contribution in [3.63, 3.8) is 0 Å². The van der Waals surface area contributed by atoms with Gasteiger partial charge in [-0.3, -0.25) is 0 Å². The van der Waals surface area contributed by atoms with E-state index in [0.717, 1.165) is 18.5 Å². The van der Waals surface area contributed by atoms with Gasteiger partial charge in [0.1, 0.15) is 5.82 Å². The lowest BCUT2D eigenvalue weighted by Crippen LogP contribution is -2.22. The van der Waals surface area contributed by atoms with Gasteiger partial charge in [-0.25, -0.2) is 4.39 Å². The number of nitrogens with one attached hydrogen (secondary N) is 1. The molecule has 0 radical (unpaired) electrons. The molecule has 102 valence electrons. The molecule has 2 rings (SSSR count). The maximum atomic E-state index is 13.4. The predicted molar refractivity (Wildman–Crippen MR) is 80.3 cm³/mol. The van der Waals surface area contributed by atoms with Crippen LogP contribution in [0.5, 0.6) is 0 Å². The van der Waals surface area contributed by atoms with Gasteiger partial charge in [-0.15, -0.1) is 11.3 Å². The van der Waals surface area contributed by atoms with E-state index in [1.807, 2.05) is 6.07 Å². The molecular formula is C16H20FNS. The standard InChI is InChI=1S/C16H20FNS/c1-4-8-18-16(13-6-5-7-14(17)10-13)15-9-11(2)12(3)19-15/h5-7,9-10,16,18H,4,8H2,1-3H3. The van der Waals surface area contributed by atoms with Gasteiger partial charge in [0.2, 0.25) is 0 Å². The molecule has 1 atom stereocenters. The molecule has 0 bridgehead atoms. The smallest absolute Gasteiger partial charge is 0.123 e. The van der Waals surface area contributed by atoms with Crippen LogP contribution in [0.4, 0.5) is 4.39 Å². The van der Waals surface area contributed by atoms with Crippen LogP contribution in [0.15, 0.2) is 30.3 Å². The summed E-state index contributed by atoms with van der Waals surface area (Å²) in [6.07, 6.45) is 1.06. The highest BCUT2D eigenvalue weighted by molar-refractivity contribution is 7.12. The normalized spacial score (nSPS) is 12.6. The summed E-state index contributed by atoms with van der Waals surface area (Å²) in [6.45, 7) is 7.32. The SMILES string of the molecule is CCCNC(c1cccc(F)c1)c1cc(C)c(C)s1. The molecule has 0 aliphatic rings. The van der Waals surface area contributed by atoms with Crippen molar-refractivity contribution in [3.05, 3.63) is 57.0 Å². The first-order chi connectivity index (χ1) is 9.11. The van der Waals surface area contributed by atoms with Crippen LogP contribution >= 0.6 is 11.3 Å². The molecule has 1 N–H and O–H groups in total. The molecule has 1 unspecified atom stereocenters. The summed E-state index contributed by atoms with van der Waals surface area (Å²) in [5.41, 5.74) is 2.30. The largest absolute Gasteiger partial charge is 0.306 e. The second-order valence-corrected chi connectivity index (χ2v) is 6.12. The molecule has 3 heteroatoms. The quantitative estimate of drug-likeness (QED) is 0.842. The Balaban J connectivity index is 2.35. The van der Waals surface area contributed by atoms with Gasteiger partial charge in [-0.2, -0.15) is 0 Å². The fourth-order valence-electron chi connectivity index (χ4n) is 2.10. The summed E-state index contributed by atoms with van der Waals surface area (Å²) < 4.78 is 13.4. The van der Waals surface area contributed by atoms with Crippen molar-refractivity contribution in [2.45, 2.75) is 33.2 Å². The van der Waals surface area contributed by atoms with Crippen LogP contribution in [-0.4, -0.2) is 6.54 Å². The van der Waals surface area contributed by atoms with E-state index < -0.39 is 0 Å². The summed E-state index contributed by atoms with van der Waals surface area (Å²) in [7, 11) is 0. The van der Waals surface area contributed by atoms with Crippen LogP contribution in [0.25, 0.3) is 0 Å². The average molecular weight is 277 g/mol. The maximum Gasteiger partial charge on any atom is 0.123 e. The lowest BCUT2D eigenvalue weighted by atomic mass is 10.0. The first-order valence-electron chi connectivity index (χ1n) is 6.67. The van der Waals surface area contributed by atoms with Gasteiger partial charge in [0.15, 0.2) is 0 Å². The first kappa shape index (κ1) is 14.2. The van der Waals surface area contributed by atoms with Crippen LogP contribution in [0.3, 0.4) is 0 Å². The summed E-state index contributed by atoms with van der Waals surface area (Å²) in [5.74, 6) is -0.175. The van der Waals surface area contributed by atoms with Gasteiger partial charge in [0, 0.05) is 9.75 Å². The number of halogens is 1. The zero-order valence-electron chi connectivity index (χ0n) is 11.7. The molecule has 1 aromatic carbocycles. The van der Waals surface area contributed by atoms with Gasteiger partial charge in [-0.1, -0.05) is 19.1 Å². The summed E-state index contributed by atoms with van der Waals surface area (Å²) >= 11 is 1.79. The van der Waals surface area contributed by atoms with Crippen LogP contribution < -0.4 is 5.32 Å². The van der Waals surface area contributed by atoms with Crippen molar-refractivity contribution in [1.82, 2.24) is 5.32 Å². The zero-order chi connectivity index (χ0) is 13.8. The van der Waals surface area contributed by atoms with E-state index in [4.69, 9.17) is 0 Å². The van der Waals surface area contributed by atoms with Gasteiger partial charge in [0.05, 0.1) is 6.04 Å². The Morgan fingerprint density at radius 1 is 1.26 bits per heavy atom. The fourth-order valence-corrected chi connectivity index (χ4v) is 3.25. The van der Waals surface area contributed by atoms with E-state index in [-0.39, 0.29) is 11.9 Å². The van der Waals surface area contributed by atoms with Crippen molar-refractivity contribution >= 4 is 11.3 Å². The topological polar surface area (TPSA) is 12.0 Å². The lowest BCUT2D eigenvalue weighted by Gasteiger charge is -2.17. The summed E-state index contributed by atoms with van der Waals surface area (Å²) in [6, 6.07) is 9.17. The second kappa shape index (κ2) is 6.31. The molecule has 0 amide bonds. The number of hydrogen-bond donors (Lipinski definition) is 1. The van der Waals surface area contributed by atoms with E-state index >= 15 is 0 Å². The molecule has 2 aromatic rings. The first-order valence-corrected chi connectivity index (χ1v) is 7.49. The van der Waals surface area contributed by atoms with Gasteiger partial charge in [-0.05, 0) is 56.1 Å². The van der Waals surface area contributed by atoms with Crippen molar-refractivity contribution in [1.29, 1.82) is 0 Å². The second-order valence-electron chi connectivity index (χ2n) is 4.83. The average Bonchev–Trinajstić information content (AvgIpc) is 2.70. The van der Waals surface area contributed by atoms with Crippen LogP contribution in [0.2, 0.25) is 0 Å².